The zero-order valence-electron chi connectivity index (χ0n) is 14.6. The molecule has 2 rings (SSSR count). The summed E-state index contributed by atoms with van der Waals surface area (Å²) in [5.41, 5.74) is 0.730. The molecule has 1 aliphatic rings. The standard InChI is InChI=1S/C16H22BNO2.BH2O2/c1-14(2,11-18)12-8-7-9-13(10-12)17-19-15(3,4)16(5,6)20-17;2-1-3/h7-10H,1-6H3;2-3H. The number of hydrogen-bond donors (Lipinski definition) is 2. The lowest BCUT2D eigenvalue weighted by molar-refractivity contribution is 0.00578. The third-order valence-corrected chi connectivity index (χ3v) is 4.41. The average Bonchev–Trinajstić information content (AvgIpc) is 2.68. The largest absolute Gasteiger partial charge is 0.494 e. The van der Waals surface area contributed by atoms with Crippen LogP contribution in [0.4, 0.5) is 0 Å². The van der Waals surface area contributed by atoms with Crippen LogP contribution < -0.4 is 5.46 Å². The second-order valence-electron chi connectivity index (χ2n) is 7.07. The molecule has 1 aromatic rings. The first-order valence-electron chi connectivity index (χ1n) is 7.48. The van der Waals surface area contributed by atoms with E-state index in [4.69, 9.17) is 19.4 Å². The van der Waals surface area contributed by atoms with Crippen molar-refractivity contribution in [2.24, 2.45) is 0 Å². The number of hydrogen-bond acceptors (Lipinski definition) is 5. The molecule has 1 heterocycles. The minimum absolute atomic E-state index is 0. The van der Waals surface area contributed by atoms with Crippen LogP contribution in [-0.2, 0) is 14.7 Å². The predicted octanol–water partition coefficient (Wildman–Crippen LogP) is 1.29. The highest BCUT2D eigenvalue weighted by Gasteiger charge is 2.51. The Kier molecular flexibility index (Phi) is 6.06. The maximum atomic E-state index is 9.26. The topological polar surface area (TPSA) is 82.7 Å². The van der Waals surface area contributed by atoms with Gasteiger partial charge in [0.2, 0.25) is 0 Å². The van der Waals surface area contributed by atoms with E-state index in [1.165, 1.54) is 0 Å². The van der Waals surface area contributed by atoms with E-state index < -0.39 is 5.41 Å². The van der Waals surface area contributed by atoms with Gasteiger partial charge in [0.05, 0.1) is 22.7 Å². The molecule has 1 saturated heterocycles. The molecule has 0 aliphatic carbocycles. The zero-order valence-corrected chi connectivity index (χ0v) is 14.6. The summed E-state index contributed by atoms with van der Waals surface area (Å²) in [6, 6.07) is 10.2. The molecule has 0 bridgehead atoms. The van der Waals surface area contributed by atoms with Crippen LogP contribution in [0.2, 0.25) is 0 Å². The molecule has 0 amide bonds. The van der Waals surface area contributed by atoms with Crippen molar-refractivity contribution in [3.05, 3.63) is 29.8 Å². The molecule has 1 radical (unpaired) electrons. The van der Waals surface area contributed by atoms with Crippen molar-refractivity contribution in [3.8, 4) is 6.07 Å². The fourth-order valence-electron chi connectivity index (χ4n) is 2.12. The quantitative estimate of drug-likeness (QED) is 0.804. The maximum absolute atomic E-state index is 9.26. The van der Waals surface area contributed by atoms with Gasteiger partial charge in [0, 0.05) is 0 Å². The van der Waals surface area contributed by atoms with Gasteiger partial charge < -0.3 is 19.4 Å². The maximum Gasteiger partial charge on any atom is 0.494 e. The summed E-state index contributed by atoms with van der Waals surface area (Å²) in [5, 5.41) is 23.3. The third kappa shape index (κ3) is 4.36. The highest BCUT2D eigenvalue weighted by atomic mass is 16.7. The summed E-state index contributed by atoms with van der Waals surface area (Å²) >= 11 is 0. The van der Waals surface area contributed by atoms with Crippen molar-refractivity contribution < 1.29 is 19.4 Å². The molecule has 0 saturated carbocycles. The Hall–Kier alpha value is -1.32. The number of benzene rings is 1. The first kappa shape index (κ1) is 19.7. The normalized spacial score (nSPS) is 18.7. The van der Waals surface area contributed by atoms with Gasteiger partial charge in [-0.3, -0.25) is 0 Å². The predicted molar refractivity (Wildman–Crippen MR) is 91.0 cm³/mol. The van der Waals surface area contributed by atoms with E-state index in [2.05, 4.69) is 6.07 Å². The van der Waals surface area contributed by atoms with Gasteiger partial charge in [-0.2, -0.15) is 5.26 Å². The molecular weight excluding hydrogens is 292 g/mol. The molecule has 123 valence electrons. The van der Waals surface area contributed by atoms with Crippen LogP contribution in [0.1, 0.15) is 47.1 Å². The van der Waals surface area contributed by atoms with Crippen molar-refractivity contribution >= 4 is 20.3 Å². The third-order valence-electron chi connectivity index (χ3n) is 4.41. The van der Waals surface area contributed by atoms with Gasteiger partial charge in [-0.15, -0.1) is 0 Å². The van der Waals surface area contributed by atoms with E-state index >= 15 is 0 Å². The summed E-state index contributed by atoms with van der Waals surface area (Å²) in [6.45, 7) is 12.0. The van der Waals surface area contributed by atoms with Crippen LogP contribution in [0.15, 0.2) is 24.3 Å². The molecule has 7 heteroatoms. The molecule has 0 atom stereocenters. The SMILES string of the molecule is CC(C)(C#N)c1cccc(B2OC(C)(C)C(C)(C)O2)c1.O[B]O. The number of rotatable bonds is 2. The lowest BCUT2D eigenvalue weighted by atomic mass is 9.75. The van der Waals surface area contributed by atoms with Crippen LogP contribution in [-0.4, -0.2) is 36.1 Å². The van der Waals surface area contributed by atoms with Crippen molar-refractivity contribution in [1.82, 2.24) is 0 Å². The zero-order chi connectivity index (χ0) is 17.9. The molecule has 1 fully saturated rings. The summed E-state index contributed by atoms with van der Waals surface area (Å²) < 4.78 is 12.1. The molecule has 1 aliphatic heterocycles. The number of nitriles is 1. The van der Waals surface area contributed by atoms with Gasteiger partial charge in [-0.05, 0) is 52.6 Å². The van der Waals surface area contributed by atoms with Gasteiger partial charge in [0.15, 0.2) is 0 Å². The Labute approximate surface area is 139 Å². The van der Waals surface area contributed by atoms with Crippen molar-refractivity contribution in [2.75, 3.05) is 0 Å². The Morgan fingerprint density at radius 3 is 2.04 bits per heavy atom. The average molecular weight is 316 g/mol. The van der Waals surface area contributed by atoms with Crippen LogP contribution >= 0.6 is 0 Å². The molecule has 1 aromatic carbocycles. The van der Waals surface area contributed by atoms with Crippen molar-refractivity contribution in [3.63, 3.8) is 0 Å². The molecule has 2 N–H and O–H groups in total. The Balaban J connectivity index is 0.000000816. The van der Waals surface area contributed by atoms with Crippen molar-refractivity contribution in [1.29, 1.82) is 5.26 Å². The van der Waals surface area contributed by atoms with Gasteiger partial charge in [-0.25, -0.2) is 0 Å². The molecular formula is C16H24B2NO4. The minimum Gasteiger partial charge on any atom is -0.429 e. The fourth-order valence-corrected chi connectivity index (χ4v) is 2.12. The molecule has 0 aromatic heterocycles. The van der Waals surface area contributed by atoms with Gasteiger partial charge >= 0.3 is 14.8 Å². The smallest absolute Gasteiger partial charge is 0.429 e. The first-order valence-corrected chi connectivity index (χ1v) is 7.48. The van der Waals surface area contributed by atoms with Crippen LogP contribution in [0.3, 0.4) is 0 Å². The van der Waals surface area contributed by atoms with Crippen LogP contribution in [0, 0.1) is 11.3 Å². The monoisotopic (exact) mass is 316 g/mol. The summed E-state index contributed by atoms with van der Waals surface area (Å²) in [5.74, 6) is 0. The van der Waals surface area contributed by atoms with E-state index in [1.54, 1.807) is 0 Å². The highest BCUT2D eigenvalue weighted by molar-refractivity contribution is 6.62. The highest BCUT2D eigenvalue weighted by Crippen LogP contribution is 2.36. The molecule has 0 unspecified atom stereocenters. The Bertz CT molecular complexity index is 566. The van der Waals surface area contributed by atoms with E-state index in [9.17, 15) is 5.26 Å². The molecule has 5 nitrogen and oxygen atoms in total. The van der Waals surface area contributed by atoms with Gasteiger partial charge in [0.1, 0.15) is 0 Å². The first-order chi connectivity index (χ1) is 10.5. The van der Waals surface area contributed by atoms with Gasteiger partial charge in [-0.1, -0.05) is 24.3 Å². The van der Waals surface area contributed by atoms with E-state index in [0.29, 0.717) is 0 Å². The molecule has 23 heavy (non-hydrogen) atoms. The van der Waals surface area contributed by atoms with E-state index in [1.807, 2.05) is 65.8 Å². The summed E-state index contributed by atoms with van der Waals surface area (Å²) in [7, 11) is -0.380. The Morgan fingerprint density at radius 2 is 1.61 bits per heavy atom. The number of nitrogens with zero attached hydrogens (tertiary/aromatic N) is 1. The minimum atomic E-state index is -0.514. The Morgan fingerprint density at radius 1 is 1.13 bits per heavy atom. The van der Waals surface area contributed by atoms with Gasteiger partial charge in [0.25, 0.3) is 0 Å². The summed E-state index contributed by atoms with van der Waals surface area (Å²) in [4.78, 5) is 0. The lowest BCUT2D eigenvalue weighted by Crippen LogP contribution is -2.41. The van der Waals surface area contributed by atoms with E-state index in [-0.39, 0.29) is 26.0 Å². The van der Waals surface area contributed by atoms with Crippen molar-refractivity contribution in [2.45, 2.75) is 58.2 Å². The molecule has 0 spiro atoms. The van der Waals surface area contributed by atoms with Crippen LogP contribution in [0.5, 0.6) is 0 Å². The van der Waals surface area contributed by atoms with E-state index in [0.717, 1.165) is 11.0 Å². The fraction of sp³-hybridized carbons (Fsp3) is 0.562. The van der Waals surface area contributed by atoms with Crippen LogP contribution in [0.25, 0.3) is 0 Å². The lowest BCUT2D eigenvalue weighted by Gasteiger charge is -2.32. The summed E-state index contributed by atoms with van der Waals surface area (Å²) in [6.07, 6.45) is 0. The second-order valence-corrected chi connectivity index (χ2v) is 7.07. The second kappa shape index (κ2) is 7.06.